The van der Waals surface area contributed by atoms with Crippen molar-refractivity contribution < 1.29 is 18.3 Å². The third-order valence-electron chi connectivity index (χ3n) is 4.09. The van der Waals surface area contributed by atoms with Gasteiger partial charge in [-0.15, -0.1) is 0 Å². The van der Waals surface area contributed by atoms with Crippen molar-refractivity contribution in [3.63, 3.8) is 0 Å². The third-order valence-corrected chi connectivity index (χ3v) is 4.09. The lowest BCUT2D eigenvalue weighted by Crippen LogP contribution is -2.05. The van der Waals surface area contributed by atoms with Crippen molar-refractivity contribution in [1.29, 1.82) is 0 Å². The molecular formula is C18H14FNO3. The van der Waals surface area contributed by atoms with Gasteiger partial charge in [0.15, 0.2) is 5.70 Å². The first-order chi connectivity index (χ1) is 11.1. The SMILES string of the molecule is C[C@@H]1C[C@@H]1c1ccc(/C=C2\N=C(c3cccc(F)c3)OC2=O)o1. The Morgan fingerprint density at radius 1 is 1.30 bits per heavy atom. The van der Waals surface area contributed by atoms with Crippen LogP contribution in [0.25, 0.3) is 6.08 Å². The second-order valence-corrected chi connectivity index (χ2v) is 5.91. The molecule has 2 atom stereocenters. The fraction of sp³-hybridized carbons (Fsp3) is 0.222. The Labute approximate surface area is 132 Å². The fourth-order valence-electron chi connectivity index (χ4n) is 2.65. The summed E-state index contributed by atoms with van der Waals surface area (Å²) in [5.41, 5.74) is 0.572. The number of ether oxygens (including phenoxy) is 1. The van der Waals surface area contributed by atoms with E-state index in [9.17, 15) is 9.18 Å². The number of furan rings is 1. The van der Waals surface area contributed by atoms with Gasteiger partial charge in [-0.2, -0.15) is 0 Å². The number of hydrogen-bond donors (Lipinski definition) is 0. The summed E-state index contributed by atoms with van der Waals surface area (Å²) in [6.07, 6.45) is 2.68. The summed E-state index contributed by atoms with van der Waals surface area (Å²) in [4.78, 5) is 16.1. The molecule has 4 nitrogen and oxygen atoms in total. The molecule has 1 saturated carbocycles. The molecule has 23 heavy (non-hydrogen) atoms. The van der Waals surface area contributed by atoms with E-state index in [0.29, 0.717) is 23.2 Å². The van der Waals surface area contributed by atoms with Crippen LogP contribution >= 0.6 is 0 Å². The molecular weight excluding hydrogens is 297 g/mol. The van der Waals surface area contributed by atoms with Crippen LogP contribution in [0, 0.1) is 11.7 Å². The molecule has 2 heterocycles. The first kappa shape index (κ1) is 13.9. The minimum atomic E-state index is -0.568. The number of carbonyl (C=O) groups excluding carboxylic acids is 1. The number of esters is 1. The molecule has 0 amide bonds. The van der Waals surface area contributed by atoms with Crippen LogP contribution in [0.1, 0.15) is 36.3 Å². The van der Waals surface area contributed by atoms with Gasteiger partial charge in [0.25, 0.3) is 0 Å². The Bertz CT molecular complexity index is 849. The standard InChI is InChI=1S/C18H14FNO3/c1-10-7-14(10)16-6-5-13(22-16)9-15-18(21)23-17(20-15)11-3-2-4-12(19)8-11/h2-6,8-10,14H,7H2,1H3/b15-9-/t10-,14+/m1/s1. The zero-order valence-corrected chi connectivity index (χ0v) is 12.5. The molecule has 4 rings (SSSR count). The lowest BCUT2D eigenvalue weighted by Gasteiger charge is -1.98. The minimum absolute atomic E-state index is 0.100. The van der Waals surface area contributed by atoms with Crippen molar-refractivity contribution in [3.8, 4) is 0 Å². The fourth-order valence-corrected chi connectivity index (χ4v) is 2.65. The van der Waals surface area contributed by atoms with Gasteiger partial charge in [0.05, 0.1) is 0 Å². The van der Waals surface area contributed by atoms with Crippen molar-refractivity contribution in [1.82, 2.24) is 0 Å². The lowest BCUT2D eigenvalue weighted by molar-refractivity contribution is -0.129. The predicted molar refractivity (Wildman–Crippen MR) is 82.2 cm³/mol. The number of aliphatic imine (C=N–C) groups is 1. The topological polar surface area (TPSA) is 51.8 Å². The Morgan fingerprint density at radius 2 is 2.13 bits per heavy atom. The summed E-state index contributed by atoms with van der Waals surface area (Å²) in [5, 5.41) is 0. The van der Waals surface area contributed by atoms with Crippen molar-refractivity contribution in [2.45, 2.75) is 19.3 Å². The lowest BCUT2D eigenvalue weighted by atomic mass is 10.2. The zero-order valence-electron chi connectivity index (χ0n) is 12.5. The predicted octanol–water partition coefficient (Wildman–Crippen LogP) is 3.89. The number of nitrogens with zero attached hydrogens (tertiary/aromatic N) is 1. The highest BCUT2D eigenvalue weighted by Gasteiger charge is 2.36. The molecule has 0 N–H and O–H groups in total. The average Bonchev–Trinajstić information content (AvgIpc) is 2.94. The van der Waals surface area contributed by atoms with Crippen LogP contribution in [-0.4, -0.2) is 11.9 Å². The van der Waals surface area contributed by atoms with Crippen LogP contribution in [-0.2, 0) is 9.53 Å². The summed E-state index contributed by atoms with van der Waals surface area (Å²) in [7, 11) is 0. The molecule has 0 saturated heterocycles. The average molecular weight is 311 g/mol. The van der Waals surface area contributed by atoms with E-state index in [2.05, 4.69) is 11.9 Å². The van der Waals surface area contributed by atoms with Crippen molar-refractivity contribution in [3.05, 3.63) is 65.0 Å². The van der Waals surface area contributed by atoms with Crippen LogP contribution in [0.5, 0.6) is 0 Å². The molecule has 1 aromatic carbocycles. The number of halogens is 1. The molecule has 1 aliphatic carbocycles. The molecule has 2 aromatic rings. The van der Waals surface area contributed by atoms with Crippen molar-refractivity contribution >= 4 is 17.9 Å². The smallest absolute Gasteiger partial charge is 0.363 e. The Morgan fingerprint density at radius 3 is 2.87 bits per heavy atom. The highest BCUT2D eigenvalue weighted by molar-refractivity contribution is 6.12. The first-order valence-electron chi connectivity index (χ1n) is 7.48. The number of rotatable bonds is 3. The number of carbonyl (C=O) groups is 1. The van der Waals surface area contributed by atoms with Crippen LogP contribution in [0.2, 0.25) is 0 Å². The molecule has 1 aromatic heterocycles. The van der Waals surface area contributed by atoms with E-state index in [-0.39, 0.29) is 11.6 Å². The Kier molecular flexibility index (Phi) is 3.15. The Balaban J connectivity index is 1.60. The molecule has 1 fully saturated rings. The van der Waals surface area contributed by atoms with Gasteiger partial charge in [0, 0.05) is 17.6 Å². The maximum atomic E-state index is 13.3. The summed E-state index contributed by atoms with van der Waals surface area (Å²) in [6, 6.07) is 9.51. The van der Waals surface area contributed by atoms with E-state index in [1.807, 2.05) is 12.1 Å². The zero-order chi connectivity index (χ0) is 16.0. The van der Waals surface area contributed by atoms with E-state index < -0.39 is 11.8 Å². The third kappa shape index (κ3) is 2.70. The quantitative estimate of drug-likeness (QED) is 0.638. The maximum absolute atomic E-state index is 13.3. The largest absolute Gasteiger partial charge is 0.461 e. The molecule has 0 bridgehead atoms. The maximum Gasteiger partial charge on any atom is 0.363 e. The van der Waals surface area contributed by atoms with Gasteiger partial charge in [-0.1, -0.05) is 13.0 Å². The number of hydrogen-bond acceptors (Lipinski definition) is 4. The molecule has 116 valence electrons. The van der Waals surface area contributed by atoms with Gasteiger partial charge >= 0.3 is 5.97 Å². The van der Waals surface area contributed by atoms with Crippen molar-refractivity contribution in [2.24, 2.45) is 10.9 Å². The van der Waals surface area contributed by atoms with Crippen LogP contribution in [0.3, 0.4) is 0 Å². The summed E-state index contributed by atoms with van der Waals surface area (Å²) < 4.78 is 24.1. The molecule has 5 heteroatoms. The van der Waals surface area contributed by atoms with Gasteiger partial charge < -0.3 is 9.15 Å². The number of benzene rings is 1. The molecule has 0 radical (unpaired) electrons. The van der Waals surface area contributed by atoms with Crippen LogP contribution in [0.15, 0.2) is 51.5 Å². The van der Waals surface area contributed by atoms with Gasteiger partial charge in [-0.3, -0.25) is 0 Å². The van der Waals surface area contributed by atoms with Crippen LogP contribution in [0.4, 0.5) is 4.39 Å². The van der Waals surface area contributed by atoms with E-state index in [0.717, 1.165) is 12.2 Å². The second-order valence-electron chi connectivity index (χ2n) is 5.91. The van der Waals surface area contributed by atoms with Gasteiger partial charge in [-0.25, -0.2) is 14.2 Å². The highest BCUT2D eigenvalue weighted by atomic mass is 19.1. The van der Waals surface area contributed by atoms with Crippen molar-refractivity contribution in [2.75, 3.05) is 0 Å². The van der Waals surface area contributed by atoms with E-state index in [4.69, 9.17) is 9.15 Å². The number of cyclic esters (lactones) is 1. The summed E-state index contributed by atoms with van der Waals surface area (Å²) in [6.45, 7) is 2.18. The first-order valence-corrected chi connectivity index (χ1v) is 7.48. The highest BCUT2D eigenvalue weighted by Crippen LogP contribution is 2.47. The summed E-state index contributed by atoms with van der Waals surface area (Å²) >= 11 is 0. The second kappa shape index (κ2) is 5.19. The summed E-state index contributed by atoms with van der Waals surface area (Å²) in [5.74, 6) is 1.75. The molecule has 0 unspecified atom stereocenters. The Hall–Kier alpha value is -2.69. The normalized spacial score (nSPS) is 24.7. The minimum Gasteiger partial charge on any atom is -0.461 e. The molecule has 0 spiro atoms. The monoisotopic (exact) mass is 311 g/mol. The van der Waals surface area contributed by atoms with E-state index >= 15 is 0 Å². The van der Waals surface area contributed by atoms with Gasteiger partial charge in [0.1, 0.15) is 17.3 Å². The van der Waals surface area contributed by atoms with Gasteiger partial charge in [0.2, 0.25) is 5.90 Å². The van der Waals surface area contributed by atoms with Crippen LogP contribution < -0.4 is 0 Å². The van der Waals surface area contributed by atoms with Gasteiger partial charge in [-0.05, 0) is 42.7 Å². The van der Waals surface area contributed by atoms with E-state index in [1.54, 1.807) is 18.2 Å². The molecule has 1 aliphatic heterocycles. The van der Waals surface area contributed by atoms with E-state index in [1.165, 1.54) is 12.1 Å². The molecule has 2 aliphatic rings.